The van der Waals surface area contributed by atoms with Crippen LogP contribution in [0.4, 0.5) is 5.82 Å². The molecule has 1 aromatic carbocycles. The molecule has 1 aliphatic heterocycles. The molecule has 25 heavy (non-hydrogen) atoms. The van der Waals surface area contributed by atoms with Crippen molar-refractivity contribution in [3.63, 3.8) is 0 Å². The number of piperidine rings is 1. The van der Waals surface area contributed by atoms with Gasteiger partial charge in [0.25, 0.3) is 0 Å². The Bertz CT molecular complexity index is 861. The first-order chi connectivity index (χ1) is 11.9. The summed E-state index contributed by atoms with van der Waals surface area (Å²) in [5.74, 6) is 0.0731. The van der Waals surface area contributed by atoms with Crippen LogP contribution in [0.25, 0.3) is 0 Å². The number of sulfonamides is 1. The van der Waals surface area contributed by atoms with Crippen LogP contribution < -0.4 is 5.32 Å². The van der Waals surface area contributed by atoms with Gasteiger partial charge in [-0.1, -0.05) is 18.2 Å². The molecule has 1 aliphatic rings. The Morgan fingerprint density at radius 1 is 1.28 bits per heavy atom. The van der Waals surface area contributed by atoms with E-state index in [0.29, 0.717) is 25.2 Å². The fourth-order valence-electron chi connectivity index (χ4n) is 3.07. The molecule has 0 saturated carbocycles. The Labute approximate surface area is 147 Å². The lowest BCUT2D eigenvalue weighted by atomic mass is 9.99. The molecule has 7 nitrogen and oxygen atoms in total. The van der Waals surface area contributed by atoms with E-state index in [4.69, 9.17) is 0 Å². The van der Waals surface area contributed by atoms with Gasteiger partial charge in [0.1, 0.15) is 5.82 Å². The van der Waals surface area contributed by atoms with E-state index in [0.717, 1.165) is 5.69 Å². The number of aryl methyl sites for hydroxylation is 2. The standard InChI is InChI=1S/C17H22N4O3S/c1-13-11-16(20(2)19-13)18-17(22)14-7-6-10-21(12-14)25(23,24)15-8-4-3-5-9-15/h3-5,8-9,11,14H,6-7,10,12H2,1-2H3,(H,18,22). The highest BCUT2D eigenvalue weighted by molar-refractivity contribution is 7.89. The first-order valence-corrected chi connectivity index (χ1v) is 9.68. The fourth-order valence-corrected chi connectivity index (χ4v) is 4.62. The van der Waals surface area contributed by atoms with Gasteiger partial charge in [-0.25, -0.2) is 8.42 Å². The normalized spacial score (nSPS) is 18.9. The summed E-state index contributed by atoms with van der Waals surface area (Å²) < 4.78 is 28.5. The number of amides is 1. The minimum absolute atomic E-state index is 0.170. The summed E-state index contributed by atoms with van der Waals surface area (Å²) in [5.41, 5.74) is 0.815. The number of hydrogen-bond donors (Lipinski definition) is 1. The largest absolute Gasteiger partial charge is 0.311 e. The van der Waals surface area contributed by atoms with Gasteiger partial charge >= 0.3 is 0 Å². The maximum atomic E-state index is 12.8. The van der Waals surface area contributed by atoms with Gasteiger partial charge in [-0.05, 0) is 31.9 Å². The molecule has 0 aliphatic carbocycles. The van der Waals surface area contributed by atoms with Crippen LogP contribution in [0.1, 0.15) is 18.5 Å². The van der Waals surface area contributed by atoms with Gasteiger partial charge in [-0.2, -0.15) is 9.40 Å². The van der Waals surface area contributed by atoms with Gasteiger partial charge in [0.05, 0.1) is 16.5 Å². The molecular weight excluding hydrogens is 340 g/mol. The van der Waals surface area contributed by atoms with Gasteiger partial charge in [0, 0.05) is 26.2 Å². The zero-order valence-electron chi connectivity index (χ0n) is 14.3. The van der Waals surface area contributed by atoms with Crippen molar-refractivity contribution < 1.29 is 13.2 Å². The lowest BCUT2D eigenvalue weighted by molar-refractivity contribution is -0.120. The maximum absolute atomic E-state index is 12.8. The SMILES string of the molecule is Cc1cc(NC(=O)C2CCCN(S(=O)(=O)c3ccccc3)C2)n(C)n1. The van der Waals surface area contributed by atoms with E-state index in [2.05, 4.69) is 10.4 Å². The molecule has 3 rings (SSSR count). The van der Waals surface area contributed by atoms with Crippen LogP contribution in [0.5, 0.6) is 0 Å². The third kappa shape index (κ3) is 3.74. The summed E-state index contributed by atoms with van der Waals surface area (Å²) in [6.07, 6.45) is 1.33. The monoisotopic (exact) mass is 362 g/mol. The molecule has 1 unspecified atom stereocenters. The Morgan fingerprint density at radius 2 is 2.00 bits per heavy atom. The van der Waals surface area contributed by atoms with Crippen molar-refractivity contribution in [3.8, 4) is 0 Å². The smallest absolute Gasteiger partial charge is 0.243 e. The van der Waals surface area contributed by atoms with Crippen LogP contribution in [0.15, 0.2) is 41.3 Å². The number of carbonyl (C=O) groups is 1. The maximum Gasteiger partial charge on any atom is 0.243 e. The lowest BCUT2D eigenvalue weighted by Gasteiger charge is -2.31. The van der Waals surface area contributed by atoms with Crippen LogP contribution in [0.3, 0.4) is 0 Å². The number of nitrogens with one attached hydrogen (secondary N) is 1. The van der Waals surface area contributed by atoms with Crippen LogP contribution in [0.2, 0.25) is 0 Å². The Morgan fingerprint density at radius 3 is 2.64 bits per heavy atom. The number of benzene rings is 1. The second kappa shape index (κ2) is 6.97. The number of anilines is 1. The summed E-state index contributed by atoms with van der Waals surface area (Å²) in [6, 6.07) is 10.1. The van der Waals surface area contributed by atoms with E-state index in [-0.39, 0.29) is 23.3 Å². The molecule has 1 aromatic heterocycles. The highest BCUT2D eigenvalue weighted by Crippen LogP contribution is 2.24. The molecule has 1 fully saturated rings. The summed E-state index contributed by atoms with van der Waals surface area (Å²) >= 11 is 0. The third-order valence-corrected chi connectivity index (χ3v) is 6.27. The van der Waals surface area contributed by atoms with Crippen LogP contribution >= 0.6 is 0 Å². The van der Waals surface area contributed by atoms with Crippen LogP contribution in [0, 0.1) is 12.8 Å². The topological polar surface area (TPSA) is 84.3 Å². The van der Waals surface area contributed by atoms with Gasteiger partial charge < -0.3 is 5.32 Å². The lowest BCUT2D eigenvalue weighted by Crippen LogP contribution is -2.43. The number of hydrogen-bond acceptors (Lipinski definition) is 4. The molecule has 1 amide bonds. The molecule has 0 bridgehead atoms. The van der Waals surface area contributed by atoms with E-state index in [1.807, 2.05) is 6.92 Å². The predicted molar refractivity (Wildman–Crippen MR) is 94.5 cm³/mol. The van der Waals surface area contributed by atoms with Crippen LogP contribution in [-0.4, -0.2) is 41.5 Å². The average molecular weight is 362 g/mol. The Kier molecular flexibility index (Phi) is 4.91. The molecule has 1 atom stereocenters. The molecular formula is C17H22N4O3S. The second-order valence-electron chi connectivity index (χ2n) is 6.30. The minimum Gasteiger partial charge on any atom is -0.311 e. The number of rotatable bonds is 4. The summed E-state index contributed by atoms with van der Waals surface area (Å²) in [4.78, 5) is 12.8. The van der Waals surface area contributed by atoms with E-state index in [1.165, 1.54) is 4.31 Å². The van der Waals surface area contributed by atoms with Crippen molar-refractivity contribution in [2.24, 2.45) is 13.0 Å². The molecule has 1 saturated heterocycles. The number of carbonyl (C=O) groups excluding carboxylic acids is 1. The molecule has 2 aromatic rings. The van der Waals surface area contributed by atoms with Gasteiger partial charge in [0.2, 0.25) is 15.9 Å². The third-order valence-electron chi connectivity index (χ3n) is 4.39. The summed E-state index contributed by atoms with van der Waals surface area (Å²) in [5, 5.41) is 7.05. The van der Waals surface area contributed by atoms with E-state index < -0.39 is 10.0 Å². The predicted octanol–water partition coefficient (Wildman–Crippen LogP) is 1.77. The summed E-state index contributed by atoms with van der Waals surface area (Å²) in [7, 11) is -1.81. The Balaban J connectivity index is 1.73. The van der Waals surface area contributed by atoms with Crippen molar-refractivity contribution in [1.29, 1.82) is 0 Å². The van der Waals surface area contributed by atoms with Crippen molar-refractivity contribution in [1.82, 2.24) is 14.1 Å². The molecule has 1 N–H and O–H groups in total. The highest BCUT2D eigenvalue weighted by atomic mass is 32.2. The fraction of sp³-hybridized carbons (Fsp3) is 0.412. The average Bonchev–Trinajstić information content (AvgIpc) is 2.93. The van der Waals surface area contributed by atoms with Crippen molar-refractivity contribution in [3.05, 3.63) is 42.1 Å². The zero-order valence-corrected chi connectivity index (χ0v) is 15.2. The van der Waals surface area contributed by atoms with Gasteiger partial charge in [-0.3, -0.25) is 9.48 Å². The molecule has 8 heteroatoms. The molecule has 0 radical (unpaired) electrons. The highest BCUT2D eigenvalue weighted by Gasteiger charge is 2.33. The van der Waals surface area contributed by atoms with Gasteiger partial charge in [-0.15, -0.1) is 0 Å². The molecule has 2 heterocycles. The molecule has 134 valence electrons. The zero-order chi connectivity index (χ0) is 18.0. The first kappa shape index (κ1) is 17.6. The Hall–Kier alpha value is -2.19. The number of nitrogens with zero attached hydrogens (tertiary/aromatic N) is 3. The van der Waals surface area contributed by atoms with Crippen LogP contribution in [-0.2, 0) is 21.9 Å². The second-order valence-corrected chi connectivity index (χ2v) is 8.24. The van der Waals surface area contributed by atoms with Crippen molar-refractivity contribution in [2.45, 2.75) is 24.7 Å². The quantitative estimate of drug-likeness (QED) is 0.898. The van der Waals surface area contributed by atoms with Gasteiger partial charge in [0.15, 0.2) is 0 Å². The van der Waals surface area contributed by atoms with E-state index in [1.54, 1.807) is 48.1 Å². The summed E-state index contributed by atoms with van der Waals surface area (Å²) in [6.45, 7) is 2.48. The molecule has 0 spiro atoms. The van der Waals surface area contributed by atoms with E-state index in [9.17, 15) is 13.2 Å². The minimum atomic E-state index is -3.57. The first-order valence-electron chi connectivity index (χ1n) is 8.24. The van der Waals surface area contributed by atoms with E-state index >= 15 is 0 Å². The van der Waals surface area contributed by atoms with Crippen molar-refractivity contribution >= 4 is 21.7 Å². The number of aromatic nitrogens is 2. The van der Waals surface area contributed by atoms with Crippen molar-refractivity contribution in [2.75, 3.05) is 18.4 Å².